The highest BCUT2D eigenvalue weighted by atomic mass is 32.2. The minimum atomic E-state index is 0.618. The lowest BCUT2D eigenvalue weighted by Crippen LogP contribution is -1.87. The number of aryl methyl sites for hydroxylation is 1. The zero-order chi connectivity index (χ0) is 10.8. The van der Waals surface area contributed by atoms with E-state index in [0.717, 1.165) is 11.3 Å². The minimum absolute atomic E-state index is 0.618. The third-order valence-corrected chi connectivity index (χ3v) is 3.00. The third kappa shape index (κ3) is 1.85. The van der Waals surface area contributed by atoms with Crippen molar-refractivity contribution in [3.63, 3.8) is 0 Å². The van der Waals surface area contributed by atoms with Gasteiger partial charge in [0.15, 0.2) is 5.76 Å². The molecule has 0 saturated heterocycles. The van der Waals surface area contributed by atoms with Crippen LogP contribution < -0.4 is 5.73 Å². The van der Waals surface area contributed by atoms with Gasteiger partial charge in [0.05, 0.1) is 0 Å². The summed E-state index contributed by atoms with van der Waals surface area (Å²) in [5, 5.41) is 3.83. The zero-order valence-corrected chi connectivity index (χ0v) is 9.47. The summed E-state index contributed by atoms with van der Waals surface area (Å²) in [5.74, 6) is 0.653. The number of anilines is 1. The topological polar surface area (TPSA) is 52.0 Å². The van der Waals surface area contributed by atoms with Gasteiger partial charge in [0.2, 0.25) is 0 Å². The molecule has 0 atom stereocenters. The second-order valence-electron chi connectivity index (χ2n) is 3.24. The Morgan fingerprint density at radius 3 is 2.40 bits per heavy atom. The summed E-state index contributed by atoms with van der Waals surface area (Å²) in [6.07, 6.45) is 2.04. The van der Waals surface area contributed by atoms with E-state index >= 15 is 0 Å². The summed E-state index contributed by atoms with van der Waals surface area (Å²) >= 11 is 1.70. The van der Waals surface area contributed by atoms with Gasteiger partial charge in [-0.15, -0.1) is 11.8 Å². The lowest BCUT2D eigenvalue weighted by atomic mass is 10.1. The smallest absolute Gasteiger partial charge is 0.189 e. The van der Waals surface area contributed by atoms with E-state index in [2.05, 4.69) is 5.16 Å². The Morgan fingerprint density at radius 1 is 1.27 bits per heavy atom. The van der Waals surface area contributed by atoms with E-state index < -0.39 is 0 Å². The van der Waals surface area contributed by atoms with Crippen molar-refractivity contribution in [1.82, 2.24) is 5.16 Å². The highest BCUT2D eigenvalue weighted by Gasteiger charge is 2.11. The van der Waals surface area contributed by atoms with Crippen LogP contribution in [0, 0.1) is 6.92 Å². The SMILES string of the molecule is CSc1ccc(-c2onc(C)c2N)cc1. The predicted octanol–water partition coefficient (Wildman–Crippen LogP) is 2.95. The van der Waals surface area contributed by atoms with Gasteiger partial charge >= 0.3 is 0 Å². The first-order valence-corrected chi connectivity index (χ1v) is 5.81. The van der Waals surface area contributed by atoms with Crippen LogP contribution in [-0.2, 0) is 0 Å². The molecule has 0 saturated carbocycles. The maximum Gasteiger partial charge on any atom is 0.189 e. The van der Waals surface area contributed by atoms with Crippen molar-refractivity contribution in [1.29, 1.82) is 0 Å². The quantitative estimate of drug-likeness (QED) is 0.790. The average Bonchev–Trinajstić information content (AvgIpc) is 2.60. The number of hydrogen-bond acceptors (Lipinski definition) is 4. The maximum atomic E-state index is 5.84. The average molecular weight is 220 g/mol. The molecule has 2 aromatic rings. The van der Waals surface area contributed by atoms with Crippen molar-refractivity contribution in [3.05, 3.63) is 30.0 Å². The molecule has 3 nitrogen and oxygen atoms in total. The molecule has 2 rings (SSSR count). The standard InChI is InChI=1S/C11H12N2OS/c1-7-10(12)11(14-13-7)8-3-5-9(15-2)6-4-8/h3-6H,12H2,1-2H3. The highest BCUT2D eigenvalue weighted by molar-refractivity contribution is 7.98. The second kappa shape index (κ2) is 3.98. The molecule has 0 aliphatic carbocycles. The van der Waals surface area contributed by atoms with Gasteiger partial charge in [0, 0.05) is 10.5 Å². The molecule has 4 heteroatoms. The molecule has 1 aromatic carbocycles. The van der Waals surface area contributed by atoms with Crippen LogP contribution in [0.4, 0.5) is 5.69 Å². The fourth-order valence-corrected chi connectivity index (χ4v) is 1.74. The molecule has 1 heterocycles. The second-order valence-corrected chi connectivity index (χ2v) is 4.12. The number of thioether (sulfide) groups is 1. The van der Waals surface area contributed by atoms with Crippen molar-refractivity contribution < 1.29 is 4.52 Å². The Kier molecular flexibility index (Phi) is 2.68. The molecule has 2 N–H and O–H groups in total. The zero-order valence-electron chi connectivity index (χ0n) is 8.65. The van der Waals surface area contributed by atoms with E-state index in [9.17, 15) is 0 Å². The van der Waals surface area contributed by atoms with E-state index in [0.29, 0.717) is 11.4 Å². The Morgan fingerprint density at radius 2 is 1.93 bits per heavy atom. The molecule has 0 aliphatic heterocycles. The number of nitrogens with zero attached hydrogens (tertiary/aromatic N) is 1. The monoisotopic (exact) mass is 220 g/mol. The largest absolute Gasteiger partial charge is 0.394 e. The van der Waals surface area contributed by atoms with Gasteiger partial charge in [-0.3, -0.25) is 0 Å². The predicted molar refractivity (Wildman–Crippen MR) is 62.9 cm³/mol. The summed E-state index contributed by atoms with van der Waals surface area (Å²) in [6.45, 7) is 1.83. The Labute approximate surface area is 92.6 Å². The van der Waals surface area contributed by atoms with Crippen LogP contribution in [0.25, 0.3) is 11.3 Å². The van der Waals surface area contributed by atoms with Crippen molar-refractivity contribution in [3.8, 4) is 11.3 Å². The van der Waals surface area contributed by atoms with Gasteiger partial charge in [-0.05, 0) is 37.4 Å². The molecule has 0 aliphatic rings. The van der Waals surface area contributed by atoms with E-state index in [1.807, 2.05) is 37.4 Å². The molecule has 15 heavy (non-hydrogen) atoms. The molecule has 0 radical (unpaired) electrons. The van der Waals surface area contributed by atoms with Crippen LogP contribution in [0.1, 0.15) is 5.69 Å². The molecule has 0 bridgehead atoms. The molecular weight excluding hydrogens is 208 g/mol. The summed E-state index contributed by atoms with van der Waals surface area (Å²) in [5.41, 5.74) is 8.16. The van der Waals surface area contributed by atoms with Gasteiger partial charge in [-0.2, -0.15) is 0 Å². The number of benzene rings is 1. The van der Waals surface area contributed by atoms with E-state index in [4.69, 9.17) is 10.3 Å². The molecule has 0 fully saturated rings. The van der Waals surface area contributed by atoms with Crippen molar-refractivity contribution in [2.75, 3.05) is 12.0 Å². The van der Waals surface area contributed by atoms with Gasteiger partial charge in [0.25, 0.3) is 0 Å². The van der Waals surface area contributed by atoms with Crippen LogP contribution in [0.5, 0.6) is 0 Å². The number of rotatable bonds is 2. The number of nitrogens with two attached hydrogens (primary N) is 1. The van der Waals surface area contributed by atoms with Crippen molar-refractivity contribution >= 4 is 17.4 Å². The van der Waals surface area contributed by atoms with Crippen molar-refractivity contribution in [2.45, 2.75) is 11.8 Å². The first kappa shape index (κ1) is 10.1. The molecule has 0 amide bonds. The maximum absolute atomic E-state index is 5.84. The first-order chi connectivity index (χ1) is 7.22. The molecular formula is C11H12N2OS. The Bertz CT molecular complexity index is 462. The third-order valence-electron chi connectivity index (χ3n) is 2.26. The number of aromatic nitrogens is 1. The van der Waals surface area contributed by atoms with Crippen LogP contribution in [0.3, 0.4) is 0 Å². The lowest BCUT2D eigenvalue weighted by Gasteiger charge is -1.99. The molecule has 0 spiro atoms. The van der Waals surface area contributed by atoms with Gasteiger partial charge in [0.1, 0.15) is 11.4 Å². The molecule has 78 valence electrons. The van der Waals surface area contributed by atoms with E-state index in [-0.39, 0.29) is 0 Å². The Balaban J connectivity index is 2.41. The number of hydrogen-bond donors (Lipinski definition) is 1. The van der Waals surface area contributed by atoms with Crippen LogP contribution in [0.15, 0.2) is 33.7 Å². The fourth-order valence-electron chi connectivity index (χ4n) is 1.33. The van der Waals surface area contributed by atoms with Gasteiger partial charge < -0.3 is 10.3 Å². The van der Waals surface area contributed by atoms with E-state index in [1.54, 1.807) is 11.8 Å². The summed E-state index contributed by atoms with van der Waals surface area (Å²) in [7, 11) is 0. The lowest BCUT2D eigenvalue weighted by molar-refractivity contribution is 0.427. The van der Waals surface area contributed by atoms with Crippen LogP contribution >= 0.6 is 11.8 Å². The number of nitrogen functional groups attached to an aromatic ring is 1. The van der Waals surface area contributed by atoms with Gasteiger partial charge in [-0.25, -0.2) is 0 Å². The summed E-state index contributed by atoms with van der Waals surface area (Å²) < 4.78 is 5.17. The van der Waals surface area contributed by atoms with Crippen LogP contribution in [0.2, 0.25) is 0 Å². The fraction of sp³-hybridized carbons (Fsp3) is 0.182. The summed E-state index contributed by atoms with van der Waals surface area (Å²) in [4.78, 5) is 1.22. The normalized spacial score (nSPS) is 10.5. The van der Waals surface area contributed by atoms with Crippen molar-refractivity contribution in [2.24, 2.45) is 0 Å². The van der Waals surface area contributed by atoms with Gasteiger partial charge in [-0.1, -0.05) is 5.16 Å². The van der Waals surface area contributed by atoms with Crippen LogP contribution in [-0.4, -0.2) is 11.4 Å². The first-order valence-electron chi connectivity index (χ1n) is 4.58. The summed E-state index contributed by atoms with van der Waals surface area (Å²) in [6, 6.07) is 8.05. The Hall–Kier alpha value is -1.42. The minimum Gasteiger partial charge on any atom is -0.394 e. The molecule has 1 aromatic heterocycles. The van der Waals surface area contributed by atoms with E-state index in [1.165, 1.54) is 4.90 Å². The molecule has 0 unspecified atom stereocenters. The highest BCUT2D eigenvalue weighted by Crippen LogP contribution is 2.29.